The van der Waals surface area contributed by atoms with Crippen LogP contribution >= 0.6 is 27.5 Å². The van der Waals surface area contributed by atoms with Crippen LogP contribution in [0.1, 0.15) is 22.5 Å². The number of halogens is 3. The lowest BCUT2D eigenvalue weighted by Crippen LogP contribution is -2.02. The Hall–Kier alpha value is -1.40. The molecule has 0 bridgehead atoms. The first-order chi connectivity index (χ1) is 10.1. The van der Waals surface area contributed by atoms with E-state index in [4.69, 9.17) is 20.9 Å². The molecule has 0 aliphatic rings. The third kappa shape index (κ3) is 4.54. The van der Waals surface area contributed by atoms with Gasteiger partial charge in [0.15, 0.2) is 0 Å². The monoisotopic (exact) mass is 375 g/mol. The van der Waals surface area contributed by atoms with Crippen molar-refractivity contribution in [1.82, 2.24) is 5.16 Å². The van der Waals surface area contributed by atoms with Crippen LogP contribution < -0.4 is 4.74 Å². The van der Waals surface area contributed by atoms with Gasteiger partial charge >= 0.3 is 0 Å². The lowest BCUT2D eigenvalue weighted by molar-refractivity contribution is 0.0957. The van der Waals surface area contributed by atoms with Crippen LogP contribution in [0.5, 0.6) is 5.88 Å². The van der Waals surface area contributed by atoms with Gasteiger partial charge in [0.25, 0.3) is 5.88 Å². The second-order valence-electron chi connectivity index (χ2n) is 4.27. The van der Waals surface area contributed by atoms with Gasteiger partial charge < -0.3 is 9.26 Å². The molecule has 0 aliphatic carbocycles. The van der Waals surface area contributed by atoms with Gasteiger partial charge in [-0.2, -0.15) is 0 Å². The predicted octanol–water partition coefficient (Wildman–Crippen LogP) is 4.06. The smallest absolute Gasteiger partial charge is 0.254 e. The van der Waals surface area contributed by atoms with E-state index in [0.717, 1.165) is 11.8 Å². The summed E-state index contributed by atoms with van der Waals surface area (Å²) >= 11 is 8.96. The van der Waals surface area contributed by atoms with Gasteiger partial charge in [-0.3, -0.25) is 4.79 Å². The average Bonchev–Trinajstić information content (AvgIpc) is 2.92. The molecule has 1 aromatic heterocycles. The number of alkyl halides is 1. The van der Waals surface area contributed by atoms with Crippen molar-refractivity contribution in [2.24, 2.45) is 0 Å². The minimum absolute atomic E-state index is 0.0170. The highest BCUT2D eigenvalue weighted by atomic mass is 79.9. The zero-order valence-electron chi connectivity index (χ0n) is 10.9. The molecule has 0 radical (unpaired) electrons. The van der Waals surface area contributed by atoms with E-state index in [2.05, 4.69) is 21.1 Å². The number of carbonyl (C=O) groups excluding carboxylic acids is 1. The SMILES string of the molecule is O=C(Cc1ccc(F)c(Cl)c1)c1cc(OCCCBr)no1. The highest BCUT2D eigenvalue weighted by Gasteiger charge is 2.15. The number of ether oxygens (including phenoxy) is 1. The molecular formula is C14H12BrClFNO3. The van der Waals surface area contributed by atoms with Crippen LogP contribution in [-0.4, -0.2) is 22.9 Å². The average molecular weight is 377 g/mol. The number of carbonyl (C=O) groups is 1. The van der Waals surface area contributed by atoms with E-state index in [0.29, 0.717) is 12.2 Å². The van der Waals surface area contributed by atoms with Crippen LogP contribution in [-0.2, 0) is 6.42 Å². The molecule has 0 amide bonds. The van der Waals surface area contributed by atoms with Crippen molar-refractivity contribution in [2.45, 2.75) is 12.8 Å². The van der Waals surface area contributed by atoms with Crippen LogP contribution in [0.3, 0.4) is 0 Å². The summed E-state index contributed by atoms with van der Waals surface area (Å²) in [6.07, 6.45) is 0.875. The van der Waals surface area contributed by atoms with Crippen molar-refractivity contribution >= 4 is 33.3 Å². The van der Waals surface area contributed by atoms with Crippen LogP contribution in [0.2, 0.25) is 5.02 Å². The molecule has 112 valence electrons. The van der Waals surface area contributed by atoms with Crippen molar-refractivity contribution in [3.05, 3.63) is 46.4 Å². The van der Waals surface area contributed by atoms with Crippen molar-refractivity contribution < 1.29 is 18.4 Å². The molecule has 1 aromatic carbocycles. The summed E-state index contributed by atoms with van der Waals surface area (Å²) in [5.74, 6) is -0.420. The van der Waals surface area contributed by atoms with Gasteiger partial charge in [-0.1, -0.05) is 33.6 Å². The standard InChI is InChI=1S/C14H12BrClFNO3/c15-4-1-5-20-14-8-13(21-18-14)12(19)7-9-2-3-11(17)10(16)6-9/h2-3,6,8H,1,4-5,7H2. The van der Waals surface area contributed by atoms with Gasteiger partial charge in [0, 0.05) is 11.8 Å². The summed E-state index contributed by atoms with van der Waals surface area (Å²) in [5.41, 5.74) is 0.601. The highest BCUT2D eigenvalue weighted by Crippen LogP contribution is 2.19. The second-order valence-corrected chi connectivity index (χ2v) is 5.47. The first kappa shape index (κ1) is 16.0. The molecule has 0 spiro atoms. The molecule has 0 unspecified atom stereocenters. The summed E-state index contributed by atoms with van der Waals surface area (Å²) < 4.78 is 23.3. The quantitative estimate of drug-likeness (QED) is 0.415. The fraction of sp³-hybridized carbons (Fsp3) is 0.286. The van der Waals surface area contributed by atoms with E-state index in [1.54, 1.807) is 0 Å². The Morgan fingerprint density at radius 2 is 2.24 bits per heavy atom. The fourth-order valence-corrected chi connectivity index (χ4v) is 2.04. The number of benzene rings is 1. The number of aromatic nitrogens is 1. The Bertz CT molecular complexity index is 632. The summed E-state index contributed by atoms with van der Waals surface area (Å²) in [6, 6.07) is 5.59. The Balaban J connectivity index is 1.98. The van der Waals surface area contributed by atoms with Gasteiger partial charge in [0.2, 0.25) is 11.5 Å². The molecular weight excluding hydrogens is 365 g/mol. The number of ketones is 1. The van der Waals surface area contributed by atoms with Crippen LogP contribution in [0.4, 0.5) is 4.39 Å². The first-order valence-corrected chi connectivity index (χ1v) is 7.72. The molecule has 2 aromatic rings. The third-order valence-electron chi connectivity index (χ3n) is 2.64. The van der Waals surface area contributed by atoms with Gasteiger partial charge in [-0.25, -0.2) is 4.39 Å². The van der Waals surface area contributed by atoms with Gasteiger partial charge in [-0.05, 0) is 29.3 Å². The van der Waals surface area contributed by atoms with Crippen LogP contribution in [0, 0.1) is 5.82 Å². The minimum atomic E-state index is -0.519. The molecule has 0 N–H and O–H groups in total. The number of hydrogen-bond acceptors (Lipinski definition) is 4. The van der Waals surface area contributed by atoms with Crippen molar-refractivity contribution in [3.8, 4) is 5.88 Å². The predicted molar refractivity (Wildman–Crippen MR) is 79.9 cm³/mol. The van der Waals surface area contributed by atoms with Gasteiger partial charge in [0.1, 0.15) is 5.82 Å². The topological polar surface area (TPSA) is 52.3 Å². The minimum Gasteiger partial charge on any atom is -0.475 e. The van der Waals surface area contributed by atoms with E-state index in [-0.39, 0.29) is 28.9 Å². The van der Waals surface area contributed by atoms with Crippen LogP contribution in [0.15, 0.2) is 28.8 Å². The summed E-state index contributed by atoms with van der Waals surface area (Å²) in [4.78, 5) is 12.0. The Kier molecular flexibility index (Phi) is 5.76. The van der Waals surface area contributed by atoms with E-state index in [1.807, 2.05) is 0 Å². The molecule has 0 atom stereocenters. The molecule has 7 heteroatoms. The van der Waals surface area contributed by atoms with E-state index >= 15 is 0 Å². The van der Waals surface area contributed by atoms with Gasteiger partial charge in [0.05, 0.1) is 17.7 Å². The van der Waals surface area contributed by atoms with Crippen LogP contribution in [0.25, 0.3) is 0 Å². The molecule has 0 aliphatic heterocycles. The Morgan fingerprint density at radius 1 is 1.43 bits per heavy atom. The van der Waals surface area contributed by atoms with Crippen molar-refractivity contribution in [3.63, 3.8) is 0 Å². The largest absolute Gasteiger partial charge is 0.475 e. The lowest BCUT2D eigenvalue weighted by Gasteiger charge is -2.00. The summed E-state index contributed by atoms with van der Waals surface area (Å²) in [5, 5.41) is 4.47. The first-order valence-electron chi connectivity index (χ1n) is 6.22. The normalized spacial score (nSPS) is 10.6. The Morgan fingerprint density at radius 3 is 2.95 bits per heavy atom. The highest BCUT2D eigenvalue weighted by molar-refractivity contribution is 9.09. The Labute approximate surface area is 134 Å². The molecule has 0 saturated carbocycles. The van der Waals surface area contributed by atoms with Crippen molar-refractivity contribution in [2.75, 3.05) is 11.9 Å². The van der Waals surface area contributed by atoms with E-state index < -0.39 is 5.82 Å². The van der Waals surface area contributed by atoms with E-state index in [1.165, 1.54) is 24.3 Å². The second kappa shape index (κ2) is 7.56. The number of rotatable bonds is 7. The zero-order chi connectivity index (χ0) is 15.2. The summed E-state index contributed by atoms with van der Waals surface area (Å²) in [7, 11) is 0. The third-order valence-corrected chi connectivity index (χ3v) is 3.49. The van der Waals surface area contributed by atoms with Crippen molar-refractivity contribution in [1.29, 1.82) is 0 Å². The molecule has 1 heterocycles. The molecule has 0 saturated heterocycles. The lowest BCUT2D eigenvalue weighted by atomic mass is 10.1. The maximum Gasteiger partial charge on any atom is 0.254 e. The zero-order valence-corrected chi connectivity index (χ0v) is 13.3. The molecule has 4 nitrogen and oxygen atoms in total. The number of hydrogen-bond donors (Lipinski definition) is 0. The molecule has 0 fully saturated rings. The maximum absolute atomic E-state index is 13.0. The van der Waals surface area contributed by atoms with E-state index in [9.17, 15) is 9.18 Å². The maximum atomic E-state index is 13.0. The summed E-state index contributed by atoms with van der Waals surface area (Å²) in [6.45, 7) is 0.485. The molecule has 2 rings (SSSR count). The fourth-order valence-electron chi connectivity index (χ4n) is 1.61. The van der Waals surface area contributed by atoms with Gasteiger partial charge in [-0.15, -0.1) is 0 Å². The molecule has 21 heavy (non-hydrogen) atoms. The number of nitrogens with zero attached hydrogens (tertiary/aromatic N) is 1. The number of Topliss-reactive ketones (excluding diaryl/α,β-unsaturated/α-hetero) is 1.